The van der Waals surface area contributed by atoms with Gasteiger partial charge < -0.3 is 10.2 Å². The fraction of sp³-hybridized carbons (Fsp3) is 0.714. The van der Waals surface area contributed by atoms with E-state index in [2.05, 4.69) is 12.4 Å². The summed E-state index contributed by atoms with van der Waals surface area (Å²) >= 11 is 0. The van der Waals surface area contributed by atoms with Gasteiger partial charge in [0, 0.05) is 13.3 Å². The molecule has 1 fully saturated rings. The van der Waals surface area contributed by atoms with Crippen molar-refractivity contribution >= 4 is 5.91 Å². The van der Waals surface area contributed by atoms with Gasteiger partial charge in [0.05, 0.1) is 19.1 Å². The van der Waals surface area contributed by atoms with Gasteiger partial charge in [-0.3, -0.25) is 4.79 Å². The van der Waals surface area contributed by atoms with Crippen molar-refractivity contribution in [3.8, 4) is 0 Å². The smallest absolute Gasteiger partial charge is 0.217 e. The molecule has 0 saturated carbocycles. The molecule has 1 unspecified atom stereocenters. The third kappa shape index (κ3) is 1.99. The number of carbonyl (C=O) groups excluding carboxylic acids is 1. The maximum atomic E-state index is 10.6. The Kier molecular flexibility index (Phi) is 2.27. The molecule has 1 rings (SSSR count). The summed E-state index contributed by atoms with van der Waals surface area (Å²) in [7, 11) is 3.86. The van der Waals surface area contributed by atoms with E-state index in [-0.39, 0.29) is 5.91 Å². The number of hydrogen-bond acceptors (Lipinski definition) is 1. The molecule has 0 aliphatic carbocycles. The van der Waals surface area contributed by atoms with Gasteiger partial charge in [-0.25, -0.2) is 0 Å². The fourth-order valence-corrected chi connectivity index (χ4v) is 1.34. The number of amides is 1. The van der Waals surface area contributed by atoms with Crippen LogP contribution in [-0.2, 0) is 4.79 Å². The number of carbonyl (C=O) groups is 1. The van der Waals surface area contributed by atoms with E-state index in [9.17, 15) is 4.79 Å². The van der Waals surface area contributed by atoms with Gasteiger partial charge >= 0.3 is 0 Å². The van der Waals surface area contributed by atoms with Crippen molar-refractivity contribution in [1.29, 1.82) is 0 Å². The highest BCUT2D eigenvalue weighted by atomic mass is 16.1. The zero-order chi connectivity index (χ0) is 7.56. The SMILES string of the molecule is [CH2-][NH+]1CC[C@H](NC(C)=O)C1. The van der Waals surface area contributed by atoms with Crippen LogP contribution in [0.5, 0.6) is 0 Å². The van der Waals surface area contributed by atoms with Crippen molar-refractivity contribution in [1.82, 2.24) is 5.32 Å². The molecular weight excluding hydrogens is 128 g/mol. The van der Waals surface area contributed by atoms with Crippen molar-refractivity contribution in [2.24, 2.45) is 0 Å². The Hall–Kier alpha value is -0.570. The summed E-state index contributed by atoms with van der Waals surface area (Å²) in [5.41, 5.74) is 0. The lowest BCUT2D eigenvalue weighted by molar-refractivity contribution is -0.840. The molecule has 2 atom stereocenters. The van der Waals surface area contributed by atoms with Crippen LogP contribution < -0.4 is 10.2 Å². The molecule has 3 nitrogen and oxygen atoms in total. The zero-order valence-electron chi connectivity index (χ0n) is 6.31. The number of quaternary nitrogens is 1. The quantitative estimate of drug-likeness (QED) is 0.432. The minimum absolute atomic E-state index is 0.0692. The molecule has 58 valence electrons. The van der Waals surface area contributed by atoms with Gasteiger partial charge in [0.15, 0.2) is 0 Å². The minimum Gasteiger partial charge on any atom is -0.466 e. The summed E-state index contributed by atoms with van der Waals surface area (Å²) in [6.07, 6.45) is 1.07. The number of likely N-dealkylation sites (tertiary alicyclic amines) is 1. The largest absolute Gasteiger partial charge is 0.466 e. The van der Waals surface area contributed by atoms with E-state index in [0.717, 1.165) is 19.5 Å². The number of rotatable bonds is 1. The molecule has 0 aromatic heterocycles. The highest BCUT2D eigenvalue weighted by Gasteiger charge is 2.19. The molecule has 0 spiro atoms. The summed E-state index contributed by atoms with van der Waals surface area (Å²) in [5.74, 6) is 0.0692. The van der Waals surface area contributed by atoms with Gasteiger partial charge in [0.25, 0.3) is 0 Å². The predicted octanol–water partition coefficient (Wildman–Crippen LogP) is -1.43. The fourth-order valence-electron chi connectivity index (χ4n) is 1.34. The molecular formula is C7H14N2O. The molecule has 2 N–H and O–H groups in total. The van der Waals surface area contributed by atoms with E-state index in [1.807, 2.05) is 0 Å². The van der Waals surface area contributed by atoms with Gasteiger partial charge in [0.2, 0.25) is 5.91 Å². The standard InChI is InChI=1S/C7H14N2O/c1-6(10)8-7-3-4-9(2)5-7/h7,9H,2-5H2,1H3,(H,8,10)/t7-/m0/s1. The highest BCUT2D eigenvalue weighted by molar-refractivity contribution is 5.73. The minimum atomic E-state index is 0.0692. The van der Waals surface area contributed by atoms with E-state index >= 15 is 0 Å². The highest BCUT2D eigenvalue weighted by Crippen LogP contribution is 1.91. The molecule has 0 aromatic rings. The molecule has 0 radical (unpaired) electrons. The summed E-state index contributed by atoms with van der Waals surface area (Å²) in [6, 6.07) is 0.366. The zero-order valence-corrected chi connectivity index (χ0v) is 6.31. The molecule has 3 heteroatoms. The molecule has 1 aliphatic heterocycles. The van der Waals surface area contributed by atoms with Gasteiger partial charge in [-0.1, -0.05) is 0 Å². The normalized spacial score (nSPS) is 32.2. The maximum absolute atomic E-state index is 10.6. The van der Waals surface area contributed by atoms with E-state index in [4.69, 9.17) is 0 Å². The van der Waals surface area contributed by atoms with Crippen LogP contribution in [0.2, 0.25) is 0 Å². The van der Waals surface area contributed by atoms with Crippen LogP contribution in [-0.4, -0.2) is 25.0 Å². The second kappa shape index (κ2) is 3.01. The van der Waals surface area contributed by atoms with Crippen molar-refractivity contribution in [3.05, 3.63) is 7.05 Å². The average molecular weight is 142 g/mol. The first-order valence-electron chi connectivity index (χ1n) is 3.62. The topological polar surface area (TPSA) is 33.5 Å². The van der Waals surface area contributed by atoms with E-state index in [1.54, 1.807) is 6.92 Å². The maximum Gasteiger partial charge on any atom is 0.217 e. The first-order chi connectivity index (χ1) is 4.68. The van der Waals surface area contributed by atoms with E-state index in [0.29, 0.717) is 6.04 Å². The monoisotopic (exact) mass is 142 g/mol. The van der Waals surface area contributed by atoms with Crippen molar-refractivity contribution in [2.75, 3.05) is 13.1 Å². The lowest BCUT2D eigenvalue weighted by Crippen LogP contribution is -3.05. The molecule has 1 amide bonds. The van der Waals surface area contributed by atoms with Crippen molar-refractivity contribution < 1.29 is 9.69 Å². The van der Waals surface area contributed by atoms with Crippen LogP contribution in [0.3, 0.4) is 0 Å². The van der Waals surface area contributed by atoms with Gasteiger partial charge in [-0.05, 0) is 0 Å². The second-order valence-corrected chi connectivity index (χ2v) is 2.89. The predicted molar refractivity (Wildman–Crippen MR) is 38.3 cm³/mol. The Balaban J connectivity index is 2.24. The Bertz CT molecular complexity index is 136. The third-order valence-electron chi connectivity index (χ3n) is 1.79. The summed E-state index contributed by atoms with van der Waals surface area (Å²) in [6.45, 7) is 3.60. The van der Waals surface area contributed by atoms with Crippen LogP contribution in [0, 0.1) is 7.05 Å². The average Bonchev–Trinajstić information content (AvgIpc) is 2.13. The van der Waals surface area contributed by atoms with Gasteiger partial charge in [-0.15, -0.1) is 0 Å². The molecule has 1 aliphatic rings. The second-order valence-electron chi connectivity index (χ2n) is 2.89. The number of hydrogen-bond donors (Lipinski definition) is 2. The van der Waals surface area contributed by atoms with Crippen LogP contribution in [0.25, 0.3) is 0 Å². The van der Waals surface area contributed by atoms with E-state index < -0.39 is 0 Å². The summed E-state index contributed by atoms with van der Waals surface area (Å²) in [4.78, 5) is 11.8. The van der Waals surface area contributed by atoms with E-state index in [1.165, 1.54) is 4.90 Å². The first-order valence-corrected chi connectivity index (χ1v) is 3.62. The van der Waals surface area contributed by atoms with Crippen molar-refractivity contribution in [3.63, 3.8) is 0 Å². The molecule has 0 aromatic carbocycles. The van der Waals surface area contributed by atoms with Gasteiger partial charge in [0.1, 0.15) is 0 Å². The van der Waals surface area contributed by atoms with Crippen molar-refractivity contribution in [2.45, 2.75) is 19.4 Å². The Labute approximate surface area is 61.4 Å². The molecule has 1 heterocycles. The Morgan fingerprint density at radius 3 is 2.90 bits per heavy atom. The molecule has 10 heavy (non-hydrogen) atoms. The van der Waals surface area contributed by atoms with Crippen LogP contribution in [0.15, 0.2) is 0 Å². The lowest BCUT2D eigenvalue weighted by Gasteiger charge is -2.12. The molecule has 0 bridgehead atoms. The van der Waals surface area contributed by atoms with Crippen LogP contribution in [0.4, 0.5) is 0 Å². The first kappa shape index (κ1) is 7.54. The number of nitrogens with one attached hydrogen (secondary N) is 2. The summed E-state index contributed by atoms with van der Waals surface area (Å²) < 4.78 is 0. The Morgan fingerprint density at radius 2 is 2.50 bits per heavy atom. The van der Waals surface area contributed by atoms with Crippen LogP contribution in [0.1, 0.15) is 13.3 Å². The lowest BCUT2D eigenvalue weighted by atomic mass is 10.3. The summed E-state index contributed by atoms with van der Waals surface area (Å²) in [5, 5.41) is 2.87. The third-order valence-corrected chi connectivity index (χ3v) is 1.79. The Morgan fingerprint density at radius 1 is 1.80 bits per heavy atom. The molecule has 1 saturated heterocycles. The van der Waals surface area contributed by atoms with Crippen LogP contribution >= 0.6 is 0 Å². The van der Waals surface area contributed by atoms with Gasteiger partial charge in [-0.2, -0.15) is 7.05 Å².